The molecule has 0 aromatic carbocycles. The molecule has 3 atom stereocenters. The summed E-state index contributed by atoms with van der Waals surface area (Å²) in [5.41, 5.74) is 1.91. The van der Waals surface area contributed by atoms with Gasteiger partial charge in [0, 0.05) is 0 Å². The Labute approximate surface area is 86.6 Å². The highest BCUT2D eigenvalue weighted by Gasteiger charge is 2.52. The Balaban J connectivity index is 2.25. The predicted octanol–water partition coefficient (Wildman–Crippen LogP) is 3.20. The molecule has 0 unspecified atom stereocenters. The normalized spacial score (nSPS) is 42.0. The maximum absolute atomic E-state index is 11.1. The highest BCUT2D eigenvalue weighted by Crippen LogP contribution is 2.61. The molecule has 0 amide bonds. The molecule has 2 saturated carbocycles. The fourth-order valence-electron chi connectivity index (χ4n) is 3.39. The molecule has 0 radical (unpaired) electrons. The maximum atomic E-state index is 11.1. The first kappa shape index (κ1) is 9.95. The lowest BCUT2D eigenvalue weighted by Gasteiger charge is -2.37. The molecular weight excluding hydrogens is 172 g/mol. The summed E-state index contributed by atoms with van der Waals surface area (Å²) in [5.74, 6) is 2.47. The molecule has 2 aliphatic rings. The summed E-state index contributed by atoms with van der Waals surface area (Å²) in [5, 5.41) is 0. The molecule has 0 N–H and O–H groups in total. The predicted molar refractivity (Wildman–Crippen MR) is 57.9 cm³/mol. The first-order valence-electron chi connectivity index (χ1n) is 5.64. The number of rotatable bonds is 1. The van der Waals surface area contributed by atoms with E-state index in [2.05, 4.69) is 20.8 Å². The van der Waals surface area contributed by atoms with Crippen molar-refractivity contribution in [3.8, 4) is 0 Å². The molecule has 0 aliphatic heterocycles. The first-order valence-corrected chi connectivity index (χ1v) is 5.64. The van der Waals surface area contributed by atoms with Crippen LogP contribution in [0.3, 0.4) is 0 Å². The first-order chi connectivity index (χ1) is 6.43. The Morgan fingerprint density at radius 2 is 2.14 bits per heavy atom. The summed E-state index contributed by atoms with van der Waals surface area (Å²) in [7, 11) is 0. The Morgan fingerprint density at radius 1 is 1.50 bits per heavy atom. The second-order valence-corrected chi connectivity index (χ2v) is 5.68. The van der Waals surface area contributed by atoms with E-state index in [1.807, 2.05) is 6.08 Å². The van der Waals surface area contributed by atoms with Crippen molar-refractivity contribution in [1.82, 2.24) is 0 Å². The van der Waals surface area contributed by atoms with Crippen LogP contribution in [-0.4, -0.2) is 5.78 Å². The van der Waals surface area contributed by atoms with Crippen molar-refractivity contribution in [3.05, 3.63) is 11.6 Å². The van der Waals surface area contributed by atoms with Crippen LogP contribution in [0.5, 0.6) is 0 Å². The summed E-state index contributed by atoms with van der Waals surface area (Å²) in [6.07, 6.45) is 4.37. The van der Waals surface area contributed by atoms with E-state index in [-0.39, 0.29) is 5.78 Å². The standard InChI is InChI=1S/C13H20O/c1-8(14)5-10-6-11-7-12(10)9(2)13(11,3)4/h5,9,11-12H,6-7H2,1-4H3/b10-5+/t9-,11-,12+/m0/s1. The van der Waals surface area contributed by atoms with Gasteiger partial charge < -0.3 is 0 Å². The molecule has 2 fully saturated rings. The molecule has 2 aliphatic carbocycles. The maximum Gasteiger partial charge on any atom is 0.152 e. The third kappa shape index (κ3) is 1.25. The minimum atomic E-state index is 0.220. The van der Waals surface area contributed by atoms with E-state index in [0.717, 1.165) is 11.8 Å². The topological polar surface area (TPSA) is 17.1 Å². The highest BCUT2D eigenvalue weighted by molar-refractivity contribution is 5.88. The SMILES string of the molecule is CC(=O)/C=C1\C[C@H]2C[C@@H]1[C@H](C)C2(C)C. The fourth-order valence-corrected chi connectivity index (χ4v) is 3.39. The molecule has 1 nitrogen and oxygen atoms in total. The molecule has 78 valence electrons. The molecule has 1 heteroatoms. The molecule has 0 saturated heterocycles. The van der Waals surface area contributed by atoms with Crippen LogP contribution in [0.25, 0.3) is 0 Å². The summed E-state index contributed by atoms with van der Waals surface area (Å²) in [6, 6.07) is 0. The third-order valence-electron chi connectivity index (χ3n) is 4.71. The van der Waals surface area contributed by atoms with E-state index in [1.54, 1.807) is 6.92 Å². The van der Waals surface area contributed by atoms with Crippen LogP contribution in [0.15, 0.2) is 11.6 Å². The Kier molecular flexibility index (Phi) is 2.09. The van der Waals surface area contributed by atoms with E-state index in [9.17, 15) is 4.79 Å². The van der Waals surface area contributed by atoms with Gasteiger partial charge in [-0.15, -0.1) is 0 Å². The van der Waals surface area contributed by atoms with Crippen molar-refractivity contribution in [2.75, 3.05) is 0 Å². The number of hydrogen-bond donors (Lipinski definition) is 0. The van der Waals surface area contributed by atoms with Gasteiger partial charge >= 0.3 is 0 Å². The van der Waals surface area contributed by atoms with Gasteiger partial charge in [-0.1, -0.05) is 26.3 Å². The third-order valence-corrected chi connectivity index (χ3v) is 4.71. The van der Waals surface area contributed by atoms with Crippen LogP contribution < -0.4 is 0 Å². The van der Waals surface area contributed by atoms with E-state index < -0.39 is 0 Å². The molecule has 14 heavy (non-hydrogen) atoms. The van der Waals surface area contributed by atoms with Gasteiger partial charge in [0.2, 0.25) is 0 Å². The molecule has 0 aromatic rings. The van der Waals surface area contributed by atoms with E-state index in [0.29, 0.717) is 11.3 Å². The van der Waals surface area contributed by atoms with Crippen LogP contribution in [-0.2, 0) is 4.79 Å². The number of allylic oxidation sites excluding steroid dienone is 2. The largest absolute Gasteiger partial charge is 0.295 e. The van der Waals surface area contributed by atoms with Gasteiger partial charge in [-0.3, -0.25) is 4.79 Å². The zero-order valence-electron chi connectivity index (χ0n) is 9.63. The monoisotopic (exact) mass is 192 g/mol. The lowest BCUT2D eigenvalue weighted by Crippen LogP contribution is -2.29. The lowest BCUT2D eigenvalue weighted by atomic mass is 9.68. The van der Waals surface area contributed by atoms with E-state index in [1.165, 1.54) is 18.4 Å². The molecule has 2 rings (SSSR count). The second-order valence-electron chi connectivity index (χ2n) is 5.68. The van der Waals surface area contributed by atoms with Crippen LogP contribution in [0.1, 0.15) is 40.5 Å². The van der Waals surface area contributed by atoms with Crippen molar-refractivity contribution < 1.29 is 4.79 Å². The Bertz CT molecular complexity index is 294. The summed E-state index contributed by atoms with van der Waals surface area (Å²) < 4.78 is 0. The average Bonchev–Trinajstić information content (AvgIpc) is 2.52. The molecular formula is C13H20O. The Hall–Kier alpha value is -0.590. The second kappa shape index (κ2) is 2.95. The van der Waals surface area contributed by atoms with E-state index >= 15 is 0 Å². The number of carbonyl (C=O) groups excluding carboxylic acids is 1. The van der Waals surface area contributed by atoms with Crippen LogP contribution in [0.2, 0.25) is 0 Å². The smallest absolute Gasteiger partial charge is 0.152 e. The van der Waals surface area contributed by atoms with Crippen LogP contribution in [0.4, 0.5) is 0 Å². The fraction of sp³-hybridized carbons (Fsp3) is 0.769. The summed E-state index contributed by atoms with van der Waals surface area (Å²) in [6.45, 7) is 8.77. The minimum absolute atomic E-state index is 0.220. The number of fused-ring (bicyclic) bond motifs is 2. The Morgan fingerprint density at radius 3 is 2.57 bits per heavy atom. The van der Waals surface area contributed by atoms with Crippen LogP contribution in [0, 0.1) is 23.2 Å². The van der Waals surface area contributed by atoms with Crippen molar-refractivity contribution in [2.24, 2.45) is 23.2 Å². The van der Waals surface area contributed by atoms with Crippen LogP contribution >= 0.6 is 0 Å². The molecule has 0 aromatic heterocycles. The minimum Gasteiger partial charge on any atom is -0.295 e. The van der Waals surface area contributed by atoms with Crippen molar-refractivity contribution in [2.45, 2.75) is 40.5 Å². The average molecular weight is 192 g/mol. The molecule has 0 spiro atoms. The van der Waals surface area contributed by atoms with Gasteiger partial charge in [0.05, 0.1) is 0 Å². The summed E-state index contributed by atoms with van der Waals surface area (Å²) >= 11 is 0. The highest BCUT2D eigenvalue weighted by atomic mass is 16.1. The molecule has 0 heterocycles. The van der Waals surface area contributed by atoms with Gasteiger partial charge in [-0.2, -0.15) is 0 Å². The van der Waals surface area contributed by atoms with E-state index in [4.69, 9.17) is 0 Å². The van der Waals surface area contributed by atoms with Gasteiger partial charge in [0.15, 0.2) is 5.78 Å². The quantitative estimate of drug-likeness (QED) is 0.583. The number of carbonyl (C=O) groups is 1. The van der Waals surface area contributed by atoms with Gasteiger partial charge in [-0.05, 0) is 49.0 Å². The van der Waals surface area contributed by atoms with Gasteiger partial charge in [0.25, 0.3) is 0 Å². The molecule has 2 bridgehead atoms. The van der Waals surface area contributed by atoms with Crippen molar-refractivity contribution >= 4 is 5.78 Å². The summed E-state index contributed by atoms with van der Waals surface area (Å²) in [4.78, 5) is 11.1. The van der Waals surface area contributed by atoms with Crippen molar-refractivity contribution in [3.63, 3.8) is 0 Å². The van der Waals surface area contributed by atoms with Gasteiger partial charge in [0.1, 0.15) is 0 Å². The lowest BCUT2D eigenvalue weighted by molar-refractivity contribution is -0.112. The zero-order valence-corrected chi connectivity index (χ0v) is 9.63. The van der Waals surface area contributed by atoms with Crippen molar-refractivity contribution in [1.29, 1.82) is 0 Å². The van der Waals surface area contributed by atoms with Gasteiger partial charge in [-0.25, -0.2) is 0 Å². The zero-order chi connectivity index (χ0) is 10.5. The number of ketones is 1. The number of hydrogen-bond acceptors (Lipinski definition) is 1.